The highest BCUT2D eigenvalue weighted by atomic mass is 79.9. The average molecular weight is 466 g/mol. The fourth-order valence-corrected chi connectivity index (χ4v) is 6.00. The van der Waals surface area contributed by atoms with Gasteiger partial charge in [-0.25, -0.2) is 4.68 Å². The van der Waals surface area contributed by atoms with Crippen LogP contribution in [0.1, 0.15) is 46.5 Å². The number of carbonyl (C=O) groups excluding carboxylic acids is 1. The van der Waals surface area contributed by atoms with Gasteiger partial charge in [0.25, 0.3) is 5.56 Å². The highest BCUT2D eigenvalue weighted by molar-refractivity contribution is 9.10. The van der Waals surface area contributed by atoms with Gasteiger partial charge in [-0.3, -0.25) is 9.59 Å². The van der Waals surface area contributed by atoms with Crippen molar-refractivity contribution in [1.82, 2.24) is 20.4 Å². The molecule has 29 heavy (non-hydrogen) atoms. The number of hydrogen-bond donors (Lipinski definition) is 3. The number of rotatable bonds is 6. The van der Waals surface area contributed by atoms with E-state index in [4.69, 9.17) is 0 Å². The quantitative estimate of drug-likeness (QED) is 0.599. The minimum Gasteiger partial charge on any atom is -0.380 e. The van der Waals surface area contributed by atoms with Gasteiger partial charge in [0.2, 0.25) is 5.91 Å². The smallest absolute Gasteiger partial charge is 0.283 e. The van der Waals surface area contributed by atoms with Gasteiger partial charge in [-0.15, -0.1) is 0 Å². The molecule has 0 unspecified atom stereocenters. The molecule has 2 heterocycles. The Hall–Kier alpha value is -1.41. The lowest BCUT2D eigenvalue weighted by atomic mass is 9.45. The first-order valence-electron chi connectivity index (χ1n) is 10.8. The van der Waals surface area contributed by atoms with E-state index in [1.807, 2.05) is 0 Å². The number of nitrogens with one attached hydrogen (secondary N) is 3. The molecule has 5 rings (SSSR count). The van der Waals surface area contributed by atoms with E-state index in [2.05, 4.69) is 57.8 Å². The van der Waals surface area contributed by atoms with Crippen molar-refractivity contribution in [3.05, 3.63) is 21.0 Å². The minimum absolute atomic E-state index is 0.0669. The third-order valence-electron chi connectivity index (χ3n) is 7.68. The first kappa shape index (κ1) is 20.8. The van der Waals surface area contributed by atoms with Gasteiger partial charge in [0.05, 0.1) is 11.9 Å². The molecule has 3 saturated carbocycles. The second-order valence-electron chi connectivity index (χ2n) is 9.64. The summed E-state index contributed by atoms with van der Waals surface area (Å²) in [5.41, 5.74) is 0.869. The summed E-state index contributed by atoms with van der Waals surface area (Å²) in [5.74, 6) is 1.83. The van der Waals surface area contributed by atoms with Crippen LogP contribution in [0.5, 0.6) is 0 Å². The van der Waals surface area contributed by atoms with Crippen LogP contribution < -0.4 is 21.5 Å². The van der Waals surface area contributed by atoms with E-state index in [9.17, 15) is 9.59 Å². The Kier molecular flexibility index (Phi) is 5.77. The summed E-state index contributed by atoms with van der Waals surface area (Å²) in [7, 11) is 0. The summed E-state index contributed by atoms with van der Waals surface area (Å²) in [4.78, 5) is 24.9. The lowest BCUT2D eigenvalue weighted by Gasteiger charge is -2.62. The molecule has 1 aromatic rings. The molecule has 4 aliphatic rings. The van der Waals surface area contributed by atoms with Crippen LogP contribution in [0, 0.1) is 23.2 Å². The van der Waals surface area contributed by atoms with E-state index in [0.717, 1.165) is 43.3 Å². The Bertz CT molecular complexity index is 833. The molecule has 0 aromatic carbocycles. The molecular weight excluding hydrogens is 434 g/mol. The molecule has 2 bridgehead atoms. The fourth-order valence-electron chi connectivity index (χ4n) is 5.58. The number of amides is 1. The molecule has 1 aliphatic heterocycles. The summed E-state index contributed by atoms with van der Waals surface area (Å²) in [5, 5.41) is 14.0. The molecule has 8 heteroatoms. The van der Waals surface area contributed by atoms with Crippen molar-refractivity contribution in [1.29, 1.82) is 0 Å². The van der Waals surface area contributed by atoms with Gasteiger partial charge in [0, 0.05) is 18.6 Å². The number of fused-ring (bicyclic) bond motifs is 2. The zero-order valence-corrected chi connectivity index (χ0v) is 19.1. The molecule has 3 aliphatic carbocycles. The van der Waals surface area contributed by atoms with Crippen LogP contribution >= 0.6 is 15.9 Å². The summed E-state index contributed by atoms with van der Waals surface area (Å²) in [6.45, 7) is 8.60. The lowest BCUT2D eigenvalue weighted by molar-refractivity contribution is -0.122. The highest BCUT2D eigenvalue weighted by Gasteiger charge is 2.56. The highest BCUT2D eigenvalue weighted by Crippen LogP contribution is 2.61. The van der Waals surface area contributed by atoms with Crippen molar-refractivity contribution >= 4 is 27.5 Å². The number of nitrogens with zero attached hydrogens (tertiary/aromatic N) is 2. The predicted octanol–water partition coefficient (Wildman–Crippen LogP) is 2.36. The van der Waals surface area contributed by atoms with Crippen LogP contribution in [0.4, 0.5) is 5.69 Å². The predicted molar refractivity (Wildman–Crippen MR) is 117 cm³/mol. The van der Waals surface area contributed by atoms with Crippen molar-refractivity contribution in [2.24, 2.45) is 23.2 Å². The van der Waals surface area contributed by atoms with Crippen molar-refractivity contribution in [2.75, 3.05) is 18.4 Å². The topological polar surface area (TPSA) is 88.1 Å². The third kappa shape index (κ3) is 3.98. The molecule has 1 amide bonds. The van der Waals surface area contributed by atoms with Crippen LogP contribution in [0.3, 0.4) is 0 Å². The second-order valence-corrected chi connectivity index (χ2v) is 10.4. The van der Waals surface area contributed by atoms with Crippen LogP contribution in [-0.2, 0) is 11.3 Å². The first-order valence-corrected chi connectivity index (χ1v) is 11.6. The molecule has 160 valence electrons. The standard InChI is InChI=1S/C21H32BrN5O2/c1-12-15-7-13(21(15,2)3)8-16(12)26-17-10-25-27(20(29)19(17)22)11-18(28)24-9-14-5-4-6-23-14/h10,12-16,23,26H,4-9,11H2,1-3H3,(H,24,28)/t12-,13+,14-,15-,16-/m1/s1. The molecule has 5 atom stereocenters. The first-order chi connectivity index (χ1) is 13.8. The summed E-state index contributed by atoms with van der Waals surface area (Å²) in [6, 6.07) is 0.679. The van der Waals surface area contributed by atoms with E-state index in [1.165, 1.54) is 11.1 Å². The van der Waals surface area contributed by atoms with Gasteiger partial charge in [-0.2, -0.15) is 5.10 Å². The van der Waals surface area contributed by atoms with E-state index in [0.29, 0.717) is 34.4 Å². The molecule has 4 fully saturated rings. The molecule has 3 N–H and O–H groups in total. The lowest BCUT2D eigenvalue weighted by Crippen LogP contribution is -2.58. The van der Waals surface area contributed by atoms with Crippen molar-refractivity contribution in [3.8, 4) is 0 Å². The van der Waals surface area contributed by atoms with Crippen LogP contribution in [0.15, 0.2) is 15.5 Å². The van der Waals surface area contributed by atoms with Gasteiger partial charge < -0.3 is 16.0 Å². The van der Waals surface area contributed by atoms with E-state index < -0.39 is 0 Å². The van der Waals surface area contributed by atoms with Gasteiger partial charge in [0.15, 0.2) is 0 Å². The van der Waals surface area contributed by atoms with Gasteiger partial charge in [-0.1, -0.05) is 20.8 Å². The third-order valence-corrected chi connectivity index (χ3v) is 8.45. The van der Waals surface area contributed by atoms with E-state index >= 15 is 0 Å². The Morgan fingerprint density at radius 3 is 2.86 bits per heavy atom. The minimum atomic E-state index is -0.280. The zero-order chi connectivity index (χ0) is 20.8. The Morgan fingerprint density at radius 1 is 1.41 bits per heavy atom. The monoisotopic (exact) mass is 465 g/mol. The molecule has 0 spiro atoms. The molecule has 1 aromatic heterocycles. The Balaban J connectivity index is 1.37. The maximum absolute atomic E-state index is 12.7. The van der Waals surface area contributed by atoms with E-state index in [-0.39, 0.29) is 18.0 Å². The molecular formula is C21H32BrN5O2. The number of aromatic nitrogens is 2. The number of halogens is 1. The zero-order valence-electron chi connectivity index (χ0n) is 17.5. The maximum atomic E-state index is 12.7. The van der Waals surface area contributed by atoms with Crippen molar-refractivity contribution < 1.29 is 4.79 Å². The molecule has 0 radical (unpaired) electrons. The Labute approximate surface area is 180 Å². The van der Waals surface area contributed by atoms with Crippen molar-refractivity contribution in [3.63, 3.8) is 0 Å². The largest absolute Gasteiger partial charge is 0.380 e. The molecule has 1 saturated heterocycles. The average Bonchev–Trinajstić information content (AvgIpc) is 3.20. The number of hydrogen-bond acceptors (Lipinski definition) is 5. The van der Waals surface area contributed by atoms with Crippen molar-refractivity contribution in [2.45, 2.75) is 65.1 Å². The number of carbonyl (C=O) groups is 1. The maximum Gasteiger partial charge on any atom is 0.283 e. The van der Waals surface area contributed by atoms with Crippen LogP contribution in [0.2, 0.25) is 0 Å². The fraction of sp³-hybridized carbons (Fsp3) is 0.762. The van der Waals surface area contributed by atoms with Gasteiger partial charge in [0.1, 0.15) is 11.0 Å². The number of anilines is 1. The summed E-state index contributed by atoms with van der Waals surface area (Å²) >= 11 is 3.43. The van der Waals surface area contributed by atoms with Gasteiger partial charge >= 0.3 is 0 Å². The summed E-state index contributed by atoms with van der Waals surface area (Å²) < 4.78 is 1.67. The van der Waals surface area contributed by atoms with Crippen LogP contribution in [0.25, 0.3) is 0 Å². The summed E-state index contributed by atoms with van der Waals surface area (Å²) in [6.07, 6.45) is 6.32. The molecule has 7 nitrogen and oxygen atoms in total. The SMILES string of the molecule is C[C@@H]1[C@H]2C[C@@H](C[C@H]1Nc1cnn(CC(=O)NC[C@H]3CCCN3)c(=O)c1Br)C2(C)C. The van der Waals surface area contributed by atoms with Crippen LogP contribution in [-0.4, -0.2) is 40.9 Å². The normalized spacial score (nSPS) is 32.5. The Morgan fingerprint density at radius 2 is 2.21 bits per heavy atom. The second kappa shape index (κ2) is 8.02. The van der Waals surface area contributed by atoms with E-state index in [1.54, 1.807) is 6.20 Å². The van der Waals surface area contributed by atoms with Gasteiger partial charge in [-0.05, 0) is 71.3 Å².